The first-order chi connectivity index (χ1) is 7.15. The molecular weight excluding hydrogens is 194 g/mol. The highest BCUT2D eigenvalue weighted by Gasteiger charge is 2.06. The number of carboxylic acids is 1. The zero-order valence-corrected chi connectivity index (χ0v) is 8.38. The standard InChI is InChI=1S/C11H13NO3/c1-15-10-5-3-2-4-8(10)6-7-9(12)11(13)14/h2-7,9H,12H2,1H3,(H,13,14). The lowest BCUT2D eigenvalue weighted by molar-refractivity contribution is -0.137. The van der Waals surface area contributed by atoms with Crippen LogP contribution in [0.5, 0.6) is 5.75 Å². The molecule has 15 heavy (non-hydrogen) atoms. The molecule has 0 heterocycles. The van der Waals surface area contributed by atoms with Crippen molar-refractivity contribution in [2.45, 2.75) is 6.04 Å². The van der Waals surface area contributed by atoms with Crippen molar-refractivity contribution in [2.75, 3.05) is 7.11 Å². The third-order valence-electron chi connectivity index (χ3n) is 1.91. The lowest BCUT2D eigenvalue weighted by atomic mass is 10.1. The van der Waals surface area contributed by atoms with Gasteiger partial charge in [0, 0.05) is 5.56 Å². The number of aliphatic carboxylic acids is 1. The Kier molecular flexibility index (Phi) is 3.88. The molecule has 3 N–H and O–H groups in total. The van der Waals surface area contributed by atoms with E-state index in [1.54, 1.807) is 19.3 Å². The maximum Gasteiger partial charge on any atom is 0.324 e. The zero-order valence-electron chi connectivity index (χ0n) is 8.38. The van der Waals surface area contributed by atoms with Crippen LogP contribution in [0.1, 0.15) is 5.56 Å². The molecule has 1 rings (SSSR count). The monoisotopic (exact) mass is 207 g/mol. The first-order valence-corrected chi connectivity index (χ1v) is 4.44. The molecule has 1 unspecified atom stereocenters. The van der Waals surface area contributed by atoms with Gasteiger partial charge in [0.05, 0.1) is 7.11 Å². The Labute approximate surface area is 88.0 Å². The molecule has 4 nitrogen and oxygen atoms in total. The van der Waals surface area contributed by atoms with Gasteiger partial charge in [0.1, 0.15) is 11.8 Å². The highest BCUT2D eigenvalue weighted by Crippen LogP contribution is 2.18. The summed E-state index contributed by atoms with van der Waals surface area (Å²) in [6, 6.07) is 6.31. The molecule has 4 heteroatoms. The van der Waals surface area contributed by atoms with Crippen molar-refractivity contribution in [1.82, 2.24) is 0 Å². The number of ether oxygens (including phenoxy) is 1. The number of nitrogens with two attached hydrogens (primary N) is 1. The second-order valence-corrected chi connectivity index (χ2v) is 2.97. The minimum absolute atomic E-state index is 0.686. The number of carbonyl (C=O) groups is 1. The highest BCUT2D eigenvalue weighted by atomic mass is 16.5. The maximum absolute atomic E-state index is 10.5. The van der Waals surface area contributed by atoms with E-state index >= 15 is 0 Å². The number of methoxy groups -OCH3 is 1. The van der Waals surface area contributed by atoms with E-state index in [2.05, 4.69) is 0 Å². The summed E-state index contributed by atoms with van der Waals surface area (Å²) in [4.78, 5) is 10.5. The summed E-state index contributed by atoms with van der Waals surface area (Å²) in [5.41, 5.74) is 6.13. The van der Waals surface area contributed by atoms with E-state index in [-0.39, 0.29) is 0 Å². The molecule has 1 atom stereocenters. The molecule has 0 saturated carbocycles. The molecule has 0 spiro atoms. The van der Waals surface area contributed by atoms with Gasteiger partial charge in [-0.3, -0.25) is 4.79 Å². The molecule has 0 aliphatic heterocycles. The SMILES string of the molecule is COc1ccccc1C=CC(N)C(=O)O. The first-order valence-electron chi connectivity index (χ1n) is 4.44. The van der Waals surface area contributed by atoms with Crippen molar-refractivity contribution >= 4 is 12.0 Å². The van der Waals surface area contributed by atoms with E-state index in [4.69, 9.17) is 15.6 Å². The number of carboxylic acid groups (broad SMARTS) is 1. The normalized spacial score (nSPS) is 12.7. The van der Waals surface area contributed by atoms with Crippen LogP contribution in [-0.4, -0.2) is 24.2 Å². The summed E-state index contributed by atoms with van der Waals surface area (Å²) >= 11 is 0. The van der Waals surface area contributed by atoms with Gasteiger partial charge in [0.15, 0.2) is 0 Å². The smallest absolute Gasteiger partial charge is 0.324 e. The van der Waals surface area contributed by atoms with E-state index in [0.717, 1.165) is 5.56 Å². The van der Waals surface area contributed by atoms with Gasteiger partial charge in [-0.15, -0.1) is 0 Å². The Balaban J connectivity index is 2.84. The minimum Gasteiger partial charge on any atom is -0.496 e. The van der Waals surface area contributed by atoms with Crippen molar-refractivity contribution in [2.24, 2.45) is 5.73 Å². The number of para-hydroxylation sites is 1. The van der Waals surface area contributed by atoms with Crippen molar-refractivity contribution < 1.29 is 14.6 Å². The van der Waals surface area contributed by atoms with Gasteiger partial charge in [-0.25, -0.2) is 0 Å². The molecule has 1 aromatic carbocycles. The fourth-order valence-electron chi connectivity index (χ4n) is 1.09. The molecule has 0 aliphatic rings. The Morgan fingerprint density at radius 1 is 1.53 bits per heavy atom. The third-order valence-corrected chi connectivity index (χ3v) is 1.91. The van der Waals surface area contributed by atoms with Gasteiger partial charge in [0.25, 0.3) is 0 Å². The summed E-state index contributed by atoms with van der Waals surface area (Å²) in [5, 5.41) is 8.58. The fourth-order valence-corrected chi connectivity index (χ4v) is 1.09. The summed E-state index contributed by atoms with van der Waals surface area (Å²) < 4.78 is 5.10. The van der Waals surface area contributed by atoms with Gasteiger partial charge in [0.2, 0.25) is 0 Å². The Morgan fingerprint density at radius 3 is 2.80 bits per heavy atom. The molecule has 0 aromatic heterocycles. The van der Waals surface area contributed by atoms with Crippen molar-refractivity contribution in [3.05, 3.63) is 35.9 Å². The molecule has 0 aliphatic carbocycles. The molecule has 0 fully saturated rings. The van der Waals surface area contributed by atoms with E-state index in [1.165, 1.54) is 6.08 Å². The fraction of sp³-hybridized carbons (Fsp3) is 0.182. The van der Waals surface area contributed by atoms with Crippen molar-refractivity contribution in [1.29, 1.82) is 0 Å². The van der Waals surface area contributed by atoms with Gasteiger partial charge in [-0.1, -0.05) is 30.4 Å². The molecule has 1 aromatic rings. The zero-order chi connectivity index (χ0) is 11.3. The highest BCUT2D eigenvalue weighted by molar-refractivity contribution is 5.77. The first kappa shape index (κ1) is 11.3. The quantitative estimate of drug-likeness (QED) is 0.776. The summed E-state index contributed by atoms with van der Waals surface area (Å²) in [5.74, 6) is -0.368. The van der Waals surface area contributed by atoms with Gasteiger partial charge < -0.3 is 15.6 Å². The van der Waals surface area contributed by atoms with Crippen LogP contribution in [0.4, 0.5) is 0 Å². The molecule has 80 valence electrons. The topological polar surface area (TPSA) is 72.5 Å². The second-order valence-electron chi connectivity index (χ2n) is 2.97. The van der Waals surface area contributed by atoms with Crippen molar-refractivity contribution in [3.8, 4) is 5.75 Å². The molecule has 0 bridgehead atoms. The van der Waals surface area contributed by atoms with Gasteiger partial charge >= 0.3 is 5.97 Å². The summed E-state index contributed by atoms with van der Waals surface area (Å²) in [6.07, 6.45) is 3.05. The molecule has 0 radical (unpaired) electrons. The number of hydrogen-bond acceptors (Lipinski definition) is 3. The number of rotatable bonds is 4. The van der Waals surface area contributed by atoms with Gasteiger partial charge in [-0.05, 0) is 6.07 Å². The van der Waals surface area contributed by atoms with E-state index < -0.39 is 12.0 Å². The lowest BCUT2D eigenvalue weighted by Gasteiger charge is -2.04. The van der Waals surface area contributed by atoms with Crippen LogP contribution in [0.15, 0.2) is 30.3 Å². The molecular formula is C11H13NO3. The van der Waals surface area contributed by atoms with Crippen LogP contribution in [0, 0.1) is 0 Å². The Morgan fingerprint density at radius 2 is 2.20 bits per heavy atom. The average molecular weight is 207 g/mol. The number of hydrogen-bond donors (Lipinski definition) is 2. The largest absolute Gasteiger partial charge is 0.496 e. The Hall–Kier alpha value is -1.81. The van der Waals surface area contributed by atoms with Crippen LogP contribution >= 0.6 is 0 Å². The minimum atomic E-state index is -1.05. The van der Waals surface area contributed by atoms with Crippen LogP contribution in [-0.2, 0) is 4.79 Å². The van der Waals surface area contributed by atoms with E-state index in [1.807, 2.05) is 18.2 Å². The van der Waals surface area contributed by atoms with Crippen LogP contribution in [0.3, 0.4) is 0 Å². The second kappa shape index (κ2) is 5.17. The summed E-state index contributed by atoms with van der Waals surface area (Å²) in [6.45, 7) is 0. The van der Waals surface area contributed by atoms with E-state index in [9.17, 15) is 4.79 Å². The maximum atomic E-state index is 10.5. The average Bonchev–Trinajstić information content (AvgIpc) is 2.26. The Bertz CT molecular complexity index is 374. The van der Waals surface area contributed by atoms with Crippen LogP contribution < -0.4 is 10.5 Å². The molecule has 0 amide bonds. The van der Waals surface area contributed by atoms with Crippen LogP contribution in [0.2, 0.25) is 0 Å². The van der Waals surface area contributed by atoms with E-state index in [0.29, 0.717) is 5.75 Å². The predicted molar refractivity (Wildman–Crippen MR) is 57.6 cm³/mol. The van der Waals surface area contributed by atoms with Gasteiger partial charge in [-0.2, -0.15) is 0 Å². The molecule has 0 saturated heterocycles. The third kappa shape index (κ3) is 3.11. The van der Waals surface area contributed by atoms with Crippen LogP contribution in [0.25, 0.3) is 6.08 Å². The summed E-state index contributed by atoms with van der Waals surface area (Å²) in [7, 11) is 1.56. The van der Waals surface area contributed by atoms with Crippen molar-refractivity contribution in [3.63, 3.8) is 0 Å². The number of benzene rings is 1. The predicted octanol–water partition coefficient (Wildman–Crippen LogP) is 1.12. The lowest BCUT2D eigenvalue weighted by Crippen LogP contribution is -2.27.